The molecule has 0 spiro atoms. The number of nitrogens with one attached hydrogen (secondary N) is 1. The van der Waals surface area contributed by atoms with Gasteiger partial charge in [-0.05, 0) is 26.0 Å². The van der Waals surface area contributed by atoms with Crippen molar-refractivity contribution < 1.29 is 9.53 Å². The van der Waals surface area contributed by atoms with Crippen LogP contribution in [0.1, 0.15) is 20.3 Å². The Morgan fingerprint density at radius 1 is 1.50 bits per heavy atom. The summed E-state index contributed by atoms with van der Waals surface area (Å²) >= 11 is 1.59. The van der Waals surface area contributed by atoms with Gasteiger partial charge in [-0.2, -0.15) is 0 Å². The molecule has 2 aromatic rings. The molecule has 0 radical (unpaired) electrons. The predicted molar refractivity (Wildman–Crippen MR) is 74.0 cm³/mol. The summed E-state index contributed by atoms with van der Waals surface area (Å²) in [5.74, 6) is -0.182. The molecule has 0 aliphatic carbocycles. The number of carbonyl (C=O) groups is 1. The van der Waals surface area contributed by atoms with E-state index >= 15 is 0 Å². The normalized spacial score (nSPS) is 12.3. The first-order valence-corrected chi connectivity index (χ1v) is 6.78. The summed E-state index contributed by atoms with van der Waals surface area (Å²) in [6.45, 7) is 4.18. The molecule has 1 aromatic carbocycles. The second-order valence-electron chi connectivity index (χ2n) is 4.04. The summed E-state index contributed by atoms with van der Waals surface area (Å²) in [4.78, 5) is 15.8. The largest absolute Gasteiger partial charge is 0.466 e. The third-order valence-corrected chi connectivity index (χ3v) is 3.41. The third kappa shape index (κ3) is 3.20. The molecule has 0 bridgehead atoms. The molecule has 1 atom stereocenters. The summed E-state index contributed by atoms with van der Waals surface area (Å²) in [5.41, 5.74) is 0.980. The molecule has 0 amide bonds. The smallest absolute Gasteiger partial charge is 0.307 e. The van der Waals surface area contributed by atoms with Gasteiger partial charge in [0, 0.05) is 6.04 Å². The van der Waals surface area contributed by atoms with Crippen molar-refractivity contribution in [3.05, 3.63) is 24.3 Å². The maximum absolute atomic E-state index is 11.3. The fourth-order valence-corrected chi connectivity index (χ4v) is 2.64. The molecular formula is C13H16N2O2S. The van der Waals surface area contributed by atoms with E-state index in [1.165, 1.54) is 0 Å². The number of hydrogen-bond donors (Lipinski definition) is 1. The summed E-state index contributed by atoms with van der Waals surface area (Å²) in [6, 6.07) is 7.99. The Balaban J connectivity index is 1.98. The van der Waals surface area contributed by atoms with Crippen LogP contribution in [0.25, 0.3) is 10.2 Å². The Labute approximate surface area is 110 Å². The highest BCUT2D eigenvalue weighted by molar-refractivity contribution is 7.22. The van der Waals surface area contributed by atoms with Crippen LogP contribution in [0.2, 0.25) is 0 Å². The number of rotatable bonds is 5. The number of carbonyl (C=O) groups excluding carboxylic acids is 1. The third-order valence-electron chi connectivity index (χ3n) is 2.44. The number of para-hydroxylation sites is 1. The van der Waals surface area contributed by atoms with Gasteiger partial charge in [0.1, 0.15) is 0 Å². The highest BCUT2D eigenvalue weighted by Gasteiger charge is 2.11. The zero-order valence-electron chi connectivity index (χ0n) is 10.5. The van der Waals surface area contributed by atoms with Crippen LogP contribution in [0.15, 0.2) is 24.3 Å². The summed E-state index contributed by atoms with van der Waals surface area (Å²) < 4.78 is 6.06. The molecule has 1 N–H and O–H groups in total. The van der Waals surface area contributed by atoms with Gasteiger partial charge in [-0.25, -0.2) is 4.98 Å². The predicted octanol–water partition coefficient (Wildman–Crippen LogP) is 3.05. The number of aromatic nitrogens is 1. The van der Waals surface area contributed by atoms with Crippen LogP contribution in [0.3, 0.4) is 0 Å². The molecule has 1 unspecified atom stereocenters. The van der Waals surface area contributed by atoms with Gasteiger partial charge in [0.2, 0.25) is 0 Å². The van der Waals surface area contributed by atoms with Crippen LogP contribution >= 0.6 is 11.3 Å². The average Bonchev–Trinajstić information content (AvgIpc) is 2.70. The zero-order valence-corrected chi connectivity index (χ0v) is 11.3. The second kappa shape index (κ2) is 5.82. The van der Waals surface area contributed by atoms with Gasteiger partial charge in [-0.1, -0.05) is 23.5 Å². The molecule has 96 valence electrons. The molecule has 2 rings (SSSR count). The zero-order chi connectivity index (χ0) is 13.0. The van der Waals surface area contributed by atoms with E-state index in [2.05, 4.69) is 10.3 Å². The van der Waals surface area contributed by atoms with E-state index < -0.39 is 0 Å². The SMILES string of the molecule is CCOC(=O)CC(C)Nc1nc2ccccc2s1. The van der Waals surface area contributed by atoms with E-state index in [4.69, 9.17) is 4.74 Å². The average molecular weight is 264 g/mol. The number of hydrogen-bond acceptors (Lipinski definition) is 5. The minimum Gasteiger partial charge on any atom is -0.466 e. The number of esters is 1. The standard InChI is InChI=1S/C13H16N2O2S/c1-3-17-12(16)8-9(2)14-13-15-10-6-4-5-7-11(10)18-13/h4-7,9H,3,8H2,1-2H3,(H,14,15). The first-order chi connectivity index (χ1) is 8.69. The highest BCUT2D eigenvalue weighted by atomic mass is 32.1. The van der Waals surface area contributed by atoms with Crippen molar-refractivity contribution in [2.24, 2.45) is 0 Å². The number of fused-ring (bicyclic) bond motifs is 1. The van der Waals surface area contributed by atoms with E-state index in [1.807, 2.05) is 38.1 Å². The minimum absolute atomic E-state index is 0.0182. The van der Waals surface area contributed by atoms with Crippen molar-refractivity contribution in [3.63, 3.8) is 0 Å². The van der Waals surface area contributed by atoms with Gasteiger partial charge in [-0.3, -0.25) is 4.79 Å². The molecule has 18 heavy (non-hydrogen) atoms. The topological polar surface area (TPSA) is 51.2 Å². The molecule has 5 heteroatoms. The van der Waals surface area contributed by atoms with Crippen molar-refractivity contribution in [2.75, 3.05) is 11.9 Å². The Bertz CT molecular complexity index is 506. The molecule has 0 fully saturated rings. The first-order valence-electron chi connectivity index (χ1n) is 5.96. The Morgan fingerprint density at radius 3 is 3.00 bits per heavy atom. The first kappa shape index (κ1) is 12.8. The minimum atomic E-state index is -0.182. The van der Waals surface area contributed by atoms with E-state index in [-0.39, 0.29) is 12.0 Å². The fourth-order valence-electron chi connectivity index (χ4n) is 1.67. The van der Waals surface area contributed by atoms with Gasteiger partial charge in [0.15, 0.2) is 5.13 Å². The van der Waals surface area contributed by atoms with Gasteiger partial charge >= 0.3 is 5.97 Å². The molecule has 4 nitrogen and oxygen atoms in total. The van der Waals surface area contributed by atoms with E-state index in [1.54, 1.807) is 11.3 Å². The highest BCUT2D eigenvalue weighted by Crippen LogP contribution is 2.26. The van der Waals surface area contributed by atoms with Crippen LogP contribution < -0.4 is 5.32 Å². The van der Waals surface area contributed by atoms with Gasteiger partial charge < -0.3 is 10.1 Å². The van der Waals surface area contributed by atoms with Crippen molar-refractivity contribution in [1.29, 1.82) is 0 Å². The summed E-state index contributed by atoms with van der Waals surface area (Å²) in [7, 11) is 0. The van der Waals surface area contributed by atoms with Gasteiger partial charge in [-0.15, -0.1) is 0 Å². The number of thiazole rings is 1. The lowest BCUT2D eigenvalue weighted by Gasteiger charge is -2.11. The molecule has 0 saturated heterocycles. The van der Waals surface area contributed by atoms with Crippen molar-refractivity contribution >= 4 is 32.7 Å². The molecular weight excluding hydrogens is 248 g/mol. The van der Waals surface area contributed by atoms with E-state index in [0.29, 0.717) is 13.0 Å². The lowest BCUT2D eigenvalue weighted by Crippen LogP contribution is -2.20. The molecule has 1 heterocycles. The van der Waals surface area contributed by atoms with Crippen LogP contribution in [0.4, 0.5) is 5.13 Å². The van der Waals surface area contributed by atoms with E-state index in [9.17, 15) is 4.79 Å². The van der Waals surface area contributed by atoms with Gasteiger partial charge in [0.25, 0.3) is 0 Å². The molecule has 1 aromatic heterocycles. The maximum atomic E-state index is 11.3. The number of nitrogens with zero attached hydrogens (tertiary/aromatic N) is 1. The summed E-state index contributed by atoms with van der Waals surface area (Å²) in [5, 5.41) is 4.07. The second-order valence-corrected chi connectivity index (χ2v) is 5.07. The number of anilines is 1. The lowest BCUT2D eigenvalue weighted by atomic mass is 10.2. The van der Waals surface area contributed by atoms with Crippen molar-refractivity contribution in [3.8, 4) is 0 Å². The number of ether oxygens (including phenoxy) is 1. The monoisotopic (exact) mass is 264 g/mol. The molecule has 0 aliphatic rings. The van der Waals surface area contributed by atoms with Crippen LogP contribution in [-0.4, -0.2) is 23.6 Å². The fraction of sp³-hybridized carbons (Fsp3) is 0.385. The lowest BCUT2D eigenvalue weighted by molar-refractivity contribution is -0.143. The van der Waals surface area contributed by atoms with Crippen LogP contribution in [0, 0.1) is 0 Å². The van der Waals surface area contributed by atoms with E-state index in [0.717, 1.165) is 15.3 Å². The molecule has 0 aliphatic heterocycles. The van der Waals surface area contributed by atoms with Gasteiger partial charge in [0.05, 0.1) is 23.2 Å². The van der Waals surface area contributed by atoms with Crippen molar-refractivity contribution in [1.82, 2.24) is 4.98 Å². The van der Waals surface area contributed by atoms with Crippen LogP contribution in [-0.2, 0) is 9.53 Å². The maximum Gasteiger partial charge on any atom is 0.307 e. The van der Waals surface area contributed by atoms with Crippen LogP contribution in [0.5, 0.6) is 0 Å². The quantitative estimate of drug-likeness (QED) is 0.843. The Hall–Kier alpha value is -1.62. The van der Waals surface area contributed by atoms with Crippen molar-refractivity contribution in [2.45, 2.75) is 26.3 Å². The Kier molecular flexibility index (Phi) is 4.15. The number of benzene rings is 1. The molecule has 0 saturated carbocycles. The summed E-state index contributed by atoms with van der Waals surface area (Å²) in [6.07, 6.45) is 0.351. The Morgan fingerprint density at radius 2 is 2.28 bits per heavy atom.